The quantitative estimate of drug-likeness (QED) is 0.334. The molecule has 0 spiro atoms. The van der Waals surface area contributed by atoms with Crippen molar-refractivity contribution >= 4 is 29.4 Å². The third-order valence-electron chi connectivity index (χ3n) is 5.60. The van der Waals surface area contributed by atoms with Gasteiger partial charge in [0.2, 0.25) is 5.91 Å². The van der Waals surface area contributed by atoms with Crippen molar-refractivity contribution in [3.63, 3.8) is 0 Å². The Morgan fingerprint density at radius 3 is 2.42 bits per heavy atom. The number of nitrogens with one attached hydrogen (secondary N) is 2. The summed E-state index contributed by atoms with van der Waals surface area (Å²) in [6.45, 7) is 5.99. The number of ketones is 1. The Morgan fingerprint density at radius 2 is 1.81 bits per heavy atom. The summed E-state index contributed by atoms with van der Waals surface area (Å²) in [7, 11) is 2.95. The first-order valence-electron chi connectivity index (χ1n) is 12.3. The largest absolute Gasteiger partial charge is 0.493 e. The van der Waals surface area contributed by atoms with Crippen LogP contribution >= 0.6 is 11.8 Å². The number of furan rings is 1. The zero-order chi connectivity index (χ0) is 26.5. The molecule has 8 nitrogen and oxygen atoms in total. The van der Waals surface area contributed by atoms with Gasteiger partial charge in [-0.15, -0.1) is 11.8 Å². The van der Waals surface area contributed by atoms with Gasteiger partial charge in [-0.25, -0.2) is 0 Å². The lowest BCUT2D eigenvalue weighted by Crippen LogP contribution is -2.52. The fourth-order valence-electron chi connectivity index (χ4n) is 3.75. The minimum absolute atomic E-state index is 0.0440. The van der Waals surface area contributed by atoms with Gasteiger partial charge in [-0.05, 0) is 43.0 Å². The van der Waals surface area contributed by atoms with Crippen LogP contribution in [0.25, 0.3) is 0 Å². The highest BCUT2D eigenvalue weighted by Gasteiger charge is 2.28. The van der Waals surface area contributed by atoms with Gasteiger partial charge < -0.3 is 24.5 Å². The predicted molar refractivity (Wildman–Crippen MR) is 142 cm³/mol. The van der Waals surface area contributed by atoms with Gasteiger partial charge in [0.15, 0.2) is 17.3 Å². The first-order valence-corrected chi connectivity index (χ1v) is 13.4. The highest BCUT2D eigenvalue weighted by Crippen LogP contribution is 2.30. The van der Waals surface area contributed by atoms with Crippen molar-refractivity contribution in [3.8, 4) is 11.5 Å². The number of Topliss-reactive ketones (excluding diaryl/α,β-unsaturated/α-hetero) is 1. The predicted octanol–water partition coefficient (Wildman–Crippen LogP) is 4.62. The molecular formula is C27H38N2O6S. The van der Waals surface area contributed by atoms with E-state index in [1.54, 1.807) is 24.5 Å². The number of amides is 2. The Bertz CT molecular complexity index is 977. The van der Waals surface area contributed by atoms with E-state index in [2.05, 4.69) is 10.6 Å². The van der Waals surface area contributed by atoms with Crippen LogP contribution in [0, 0.1) is 5.92 Å². The minimum Gasteiger partial charge on any atom is -0.493 e. The van der Waals surface area contributed by atoms with E-state index in [1.807, 2.05) is 32.9 Å². The van der Waals surface area contributed by atoms with E-state index in [-0.39, 0.29) is 28.9 Å². The number of hydrogen-bond acceptors (Lipinski definition) is 7. The molecule has 36 heavy (non-hydrogen) atoms. The number of carbonyl (C=O) groups is 3. The lowest BCUT2D eigenvalue weighted by molar-refractivity contribution is -0.128. The van der Waals surface area contributed by atoms with Crippen LogP contribution in [-0.2, 0) is 15.3 Å². The molecule has 0 aliphatic rings. The summed E-state index contributed by atoms with van der Waals surface area (Å²) in [5, 5.41) is 5.75. The third-order valence-corrected chi connectivity index (χ3v) is 6.57. The molecule has 2 N–H and O–H groups in total. The van der Waals surface area contributed by atoms with Crippen molar-refractivity contribution in [2.24, 2.45) is 5.92 Å². The molecular weight excluding hydrogens is 480 g/mol. The molecule has 0 saturated carbocycles. The van der Waals surface area contributed by atoms with Gasteiger partial charge in [-0.2, -0.15) is 0 Å². The van der Waals surface area contributed by atoms with Crippen molar-refractivity contribution in [2.75, 3.05) is 20.0 Å². The number of methoxy groups -OCH3 is 2. The highest BCUT2D eigenvalue weighted by molar-refractivity contribution is 7.99. The molecule has 2 amide bonds. The average molecular weight is 519 g/mol. The number of benzene rings is 1. The van der Waals surface area contributed by atoms with E-state index < -0.39 is 18.0 Å². The molecule has 0 saturated heterocycles. The molecule has 2 rings (SSSR count). The molecule has 1 aromatic carbocycles. The van der Waals surface area contributed by atoms with E-state index in [0.717, 1.165) is 18.6 Å². The second kappa shape index (κ2) is 15.2. The van der Waals surface area contributed by atoms with Gasteiger partial charge in [0, 0.05) is 0 Å². The number of para-hydroxylation sites is 1. The van der Waals surface area contributed by atoms with Gasteiger partial charge in [-0.1, -0.05) is 39.7 Å². The molecule has 9 heteroatoms. The number of rotatable bonds is 16. The fraction of sp³-hybridized carbons (Fsp3) is 0.519. The van der Waals surface area contributed by atoms with Gasteiger partial charge in [0.1, 0.15) is 11.8 Å². The summed E-state index contributed by atoms with van der Waals surface area (Å²) in [5.41, 5.74) is 0.270. The van der Waals surface area contributed by atoms with Gasteiger partial charge in [0.25, 0.3) is 5.91 Å². The molecule has 0 aliphatic heterocycles. The number of carbonyl (C=O) groups excluding carboxylic acids is 3. The fourth-order valence-corrected chi connectivity index (χ4v) is 4.62. The van der Waals surface area contributed by atoms with E-state index in [0.29, 0.717) is 30.1 Å². The third kappa shape index (κ3) is 8.93. The molecule has 0 radical (unpaired) electrons. The Hall–Kier alpha value is -2.94. The molecule has 1 aromatic heterocycles. The SMILES string of the molecule is CCCC[C@H](NC(=O)[C@H](CC(C)C)NC(=O)c1cccc(OC)c1OC)C(=O)CSCc1ccco1. The maximum Gasteiger partial charge on any atom is 0.255 e. The second-order valence-corrected chi connectivity index (χ2v) is 9.92. The van der Waals surface area contributed by atoms with Crippen LogP contribution in [0.15, 0.2) is 41.0 Å². The summed E-state index contributed by atoms with van der Waals surface area (Å²) in [5.74, 6) is 1.65. The first-order chi connectivity index (χ1) is 17.3. The van der Waals surface area contributed by atoms with Crippen LogP contribution in [0.5, 0.6) is 11.5 Å². The normalized spacial score (nSPS) is 12.6. The zero-order valence-electron chi connectivity index (χ0n) is 21.8. The Kier molecular flexibility index (Phi) is 12.4. The Morgan fingerprint density at radius 1 is 1.03 bits per heavy atom. The lowest BCUT2D eigenvalue weighted by Gasteiger charge is -2.24. The molecule has 0 aliphatic carbocycles. The molecule has 0 bridgehead atoms. The van der Waals surface area contributed by atoms with Crippen molar-refractivity contribution in [3.05, 3.63) is 47.9 Å². The molecule has 0 unspecified atom stereocenters. The van der Waals surface area contributed by atoms with Crippen LogP contribution in [0.3, 0.4) is 0 Å². The monoisotopic (exact) mass is 518 g/mol. The first kappa shape index (κ1) is 29.3. The maximum absolute atomic E-state index is 13.3. The average Bonchev–Trinajstić information content (AvgIpc) is 3.38. The van der Waals surface area contributed by atoms with Gasteiger partial charge in [-0.3, -0.25) is 14.4 Å². The number of unbranched alkanes of at least 4 members (excludes halogenated alkanes) is 1. The Labute approximate surface area is 217 Å². The van der Waals surface area contributed by atoms with Crippen LogP contribution < -0.4 is 20.1 Å². The molecule has 2 aromatic rings. The summed E-state index contributed by atoms with van der Waals surface area (Å²) >= 11 is 1.45. The van der Waals surface area contributed by atoms with E-state index in [9.17, 15) is 14.4 Å². The second-order valence-electron chi connectivity index (χ2n) is 8.94. The van der Waals surface area contributed by atoms with Crippen LogP contribution in [0.4, 0.5) is 0 Å². The van der Waals surface area contributed by atoms with E-state index in [1.165, 1.54) is 26.0 Å². The van der Waals surface area contributed by atoms with Crippen molar-refractivity contribution in [2.45, 2.75) is 64.3 Å². The maximum atomic E-state index is 13.3. The smallest absolute Gasteiger partial charge is 0.255 e. The highest BCUT2D eigenvalue weighted by atomic mass is 32.2. The molecule has 1 heterocycles. The Balaban J connectivity index is 2.11. The van der Waals surface area contributed by atoms with Gasteiger partial charge >= 0.3 is 0 Å². The van der Waals surface area contributed by atoms with Crippen LogP contribution in [0.2, 0.25) is 0 Å². The van der Waals surface area contributed by atoms with E-state index in [4.69, 9.17) is 13.9 Å². The number of ether oxygens (including phenoxy) is 2. The summed E-state index contributed by atoms with van der Waals surface area (Å²) in [6.07, 6.45) is 4.29. The zero-order valence-corrected chi connectivity index (χ0v) is 22.6. The summed E-state index contributed by atoms with van der Waals surface area (Å²) in [6, 6.07) is 7.26. The minimum atomic E-state index is -0.805. The molecule has 198 valence electrons. The topological polar surface area (TPSA) is 107 Å². The number of thioether (sulfide) groups is 1. The van der Waals surface area contributed by atoms with Gasteiger partial charge in [0.05, 0.1) is 43.6 Å². The standard InChI is InChI=1S/C27H38N2O6S/c1-6-7-12-21(23(30)17-36-16-19-10-9-14-35-19)28-27(32)22(15-18(2)3)29-26(31)20-11-8-13-24(33-4)25(20)34-5/h8-11,13-14,18,21-22H,6-7,12,15-17H2,1-5H3,(H,28,32)(H,29,31)/t21-,22-/m0/s1. The summed E-state index contributed by atoms with van der Waals surface area (Å²) in [4.78, 5) is 39.4. The van der Waals surface area contributed by atoms with Crippen molar-refractivity contribution in [1.82, 2.24) is 10.6 Å². The molecule has 0 fully saturated rings. The lowest BCUT2D eigenvalue weighted by atomic mass is 10.0. The number of hydrogen-bond donors (Lipinski definition) is 2. The van der Waals surface area contributed by atoms with Crippen molar-refractivity contribution in [1.29, 1.82) is 0 Å². The summed E-state index contributed by atoms with van der Waals surface area (Å²) < 4.78 is 16.0. The van der Waals surface area contributed by atoms with Crippen LogP contribution in [0.1, 0.15) is 62.6 Å². The van der Waals surface area contributed by atoms with E-state index >= 15 is 0 Å². The molecule has 2 atom stereocenters. The van der Waals surface area contributed by atoms with Crippen LogP contribution in [-0.4, -0.2) is 49.7 Å². The van der Waals surface area contributed by atoms with Crippen molar-refractivity contribution < 1.29 is 28.3 Å².